The summed E-state index contributed by atoms with van der Waals surface area (Å²) in [5.41, 5.74) is 0.232. The second kappa shape index (κ2) is 4.39. The lowest BCUT2D eigenvalue weighted by atomic mass is 10.2. The van der Waals surface area contributed by atoms with Crippen LogP contribution in [-0.2, 0) is 16.0 Å². The zero-order valence-electron chi connectivity index (χ0n) is 8.55. The lowest BCUT2D eigenvalue weighted by molar-refractivity contribution is 0.0593. The van der Waals surface area contributed by atoms with E-state index in [2.05, 4.69) is 15.0 Å². The van der Waals surface area contributed by atoms with E-state index >= 15 is 0 Å². The minimum atomic E-state index is -0.464. The molecule has 1 aliphatic rings. The van der Waals surface area contributed by atoms with Crippen LogP contribution in [-0.4, -0.2) is 40.8 Å². The topological polar surface area (TPSA) is 66.2 Å². The van der Waals surface area contributed by atoms with E-state index < -0.39 is 5.97 Å². The summed E-state index contributed by atoms with van der Waals surface area (Å²) in [4.78, 5) is 11.1. The number of ether oxygens (including phenoxy) is 2. The molecule has 1 aromatic heterocycles. The van der Waals surface area contributed by atoms with Gasteiger partial charge in [-0.2, -0.15) is 0 Å². The van der Waals surface area contributed by atoms with E-state index in [1.165, 1.54) is 7.11 Å². The lowest BCUT2D eigenvalue weighted by Crippen LogP contribution is -2.15. The highest BCUT2D eigenvalue weighted by Crippen LogP contribution is 2.13. The van der Waals surface area contributed by atoms with Crippen molar-refractivity contribution in [1.29, 1.82) is 0 Å². The highest BCUT2D eigenvalue weighted by atomic mass is 16.5. The Morgan fingerprint density at radius 3 is 3.33 bits per heavy atom. The van der Waals surface area contributed by atoms with E-state index in [4.69, 9.17) is 4.74 Å². The van der Waals surface area contributed by atoms with Crippen molar-refractivity contribution < 1.29 is 14.3 Å². The molecule has 1 aromatic rings. The summed E-state index contributed by atoms with van der Waals surface area (Å²) < 4.78 is 11.6. The van der Waals surface area contributed by atoms with Gasteiger partial charge < -0.3 is 9.47 Å². The van der Waals surface area contributed by atoms with Crippen molar-refractivity contribution >= 4 is 5.97 Å². The molecule has 0 amide bonds. The molecule has 0 aromatic carbocycles. The molecule has 1 aliphatic heterocycles. The third-order valence-electron chi connectivity index (χ3n) is 2.35. The second-order valence-corrected chi connectivity index (χ2v) is 3.45. The lowest BCUT2D eigenvalue weighted by Gasteiger charge is -2.07. The van der Waals surface area contributed by atoms with Crippen LogP contribution in [0.15, 0.2) is 6.20 Å². The maximum atomic E-state index is 11.1. The molecule has 2 heterocycles. The van der Waals surface area contributed by atoms with Gasteiger partial charge in [-0.25, -0.2) is 9.48 Å². The fraction of sp³-hybridized carbons (Fsp3) is 0.667. The first-order chi connectivity index (χ1) is 7.29. The first-order valence-electron chi connectivity index (χ1n) is 4.89. The normalized spacial score (nSPS) is 20.5. The SMILES string of the molecule is COC(=O)c1cn(CC2CCCO2)nn1. The van der Waals surface area contributed by atoms with Crippen LogP contribution in [0.4, 0.5) is 0 Å². The third-order valence-corrected chi connectivity index (χ3v) is 2.35. The number of carbonyl (C=O) groups excluding carboxylic acids is 1. The number of hydrogen-bond acceptors (Lipinski definition) is 5. The molecule has 0 aliphatic carbocycles. The molecule has 1 atom stereocenters. The maximum absolute atomic E-state index is 11.1. The highest BCUT2D eigenvalue weighted by Gasteiger charge is 2.18. The Balaban J connectivity index is 1.97. The smallest absolute Gasteiger partial charge is 0.360 e. The van der Waals surface area contributed by atoms with Crippen molar-refractivity contribution in [3.8, 4) is 0 Å². The van der Waals surface area contributed by atoms with Crippen molar-refractivity contribution in [1.82, 2.24) is 15.0 Å². The van der Waals surface area contributed by atoms with E-state index in [0.717, 1.165) is 19.4 Å². The fourth-order valence-electron chi connectivity index (χ4n) is 1.58. The Hall–Kier alpha value is -1.43. The van der Waals surface area contributed by atoms with E-state index in [0.29, 0.717) is 6.54 Å². The van der Waals surface area contributed by atoms with Gasteiger partial charge in [-0.05, 0) is 12.8 Å². The number of rotatable bonds is 3. The Labute approximate surface area is 87.2 Å². The Morgan fingerprint density at radius 1 is 1.80 bits per heavy atom. The molecule has 1 saturated heterocycles. The average Bonchev–Trinajstić information content (AvgIpc) is 2.88. The molecule has 0 saturated carbocycles. The van der Waals surface area contributed by atoms with Gasteiger partial charge in [0.15, 0.2) is 5.69 Å². The van der Waals surface area contributed by atoms with Crippen LogP contribution in [0.1, 0.15) is 23.3 Å². The molecule has 2 rings (SSSR count). The van der Waals surface area contributed by atoms with Crippen molar-refractivity contribution in [3.05, 3.63) is 11.9 Å². The Kier molecular flexibility index (Phi) is 2.96. The molecule has 0 bridgehead atoms. The number of esters is 1. The monoisotopic (exact) mass is 211 g/mol. The predicted molar refractivity (Wildman–Crippen MR) is 50.3 cm³/mol. The van der Waals surface area contributed by atoms with E-state index in [9.17, 15) is 4.79 Å². The quantitative estimate of drug-likeness (QED) is 0.670. The standard InChI is InChI=1S/C9H13N3O3/c1-14-9(13)8-6-12(11-10-8)5-7-3-2-4-15-7/h6-7H,2-5H2,1H3. The summed E-state index contributed by atoms with van der Waals surface area (Å²) in [6, 6.07) is 0. The molecule has 0 N–H and O–H groups in total. The summed E-state index contributed by atoms with van der Waals surface area (Å²) >= 11 is 0. The second-order valence-electron chi connectivity index (χ2n) is 3.45. The Morgan fingerprint density at radius 2 is 2.67 bits per heavy atom. The van der Waals surface area contributed by atoms with Crippen LogP contribution in [0.3, 0.4) is 0 Å². The third kappa shape index (κ3) is 2.33. The number of hydrogen-bond donors (Lipinski definition) is 0. The van der Waals surface area contributed by atoms with Crippen molar-refractivity contribution in [2.75, 3.05) is 13.7 Å². The Bertz CT molecular complexity index is 344. The summed E-state index contributed by atoms with van der Waals surface area (Å²) in [5, 5.41) is 7.55. The zero-order valence-corrected chi connectivity index (χ0v) is 8.55. The molecule has 6 nitrogen and oxygen atoms in total. The van der Waals surface area contributed by atoms with Gasteiger partial charge in [-0.3, -0.25) is 0 Å². The van der Waals surface area contributed by atoms with Crippen LogP contribution >= 0.6 is 0 Å². The van der Waals surface area contributed by atoms with Crippen molar-refractivity contribution in [2.24, 2.45) is 0 Å². The number of nitrogens with zero attached hydrogens (tertiary/aromatic N) is 3. The molecule has 1 fully saturated rings. The molecule has 82 valence electrons. The molecule has 15 heavy (non-hydrogen) atoms. The molecule has 6 heteroatoms. The van der Waals surface area contributed by atoms with Gasteiger partial charge in [-0.15, -0.1) is 5.10 Å². The first kappa shape index (κ1) is 10.1. The summed E-state index contributed by atoms with van der Waals surface area (Å²) in [6.45, 7) is 1.45. The van der Waals surface area contributed by atoms with Crippen LogP contribution < -0.4 is 0 Å². The highest BCUT2D eigenvalue weighted by molar-refractivity contribution is 5.86. The fourth-order valence-corrected chi connectivity index (χ4v) is 1.58. The molecular weight excluding hydrogens is 198 g/mol. The molecule has 0 radical (unpaired) electrons. The van der Waals surface area contributed by atoms with Crippen molar-refractivity contribution in [3.63, 3.8) is 0 Å². The van der Waals surface area contributed by atoms with Gasteiger partial charge in [0.2, 0.25) is 0 Å². The maximum Gasteiger partial charge on any atom is 0.360 e. The molecule has 0 spiro atoms. The summed E-state index contributed by atoms with van der Waals surface area (Å²) in [7, 11) is 1.32. The summed E-state index contributed by atoms with van der Waals surface area (Å²) in [5.74, 6) is -0.464. The van der Waals surface area contributed by atoms with Crippen LogP contribution in [0.25, 0.3) is 0 Å². The predicted octanol–water partition coefficient (Wildman–Crippen LogP) is 0.244. The molecular formula is C9H13N3O3. The van der Waals surface area contributed by atoms with Gasteiger partial charge in [0.1, 0.15) is 0 Å². The summed E-state index contributed by atoms with van der Waals surface area (Å²) in [6.07, 6.45) is 3.89. The van der Waals surface area contributed by atoms with Crippen LogP contribution in [0, 0.1) is 0 Å². The van der Waals surface area contributed by atoms with Gasteiger partial charge in [0.25, 0.3) is 0 Å². The van der Waals surface area contributed by atoms with Crippen molar-refractivity contribution in [2.45, 2.75) is 25.5 Å². The van der Waals surface area contributed by atoms with E-state index in [-0.39, 0.29) is 11.8 Å². The zero-order chi connectivity index (χ0) is 10.7. The van der Waals surface area contributed by atoms with E-state index in [1.807, 2.05) is 0 Å². The number of carbonyl (C=O) groups is 1. The minimum Gasteiger partial charge on any atom is -0.464 e. The number of methoxy groups -OCH3 is 1. The van der Waals surface area contributed by atoms with Gasteiger partial charge in [0.05, 0.1) is 26.0 Å². The van der Waals surface area contributed by atoms with Gasteiger partial charge in [0, 0.05) is 6.61 Å². The molecule has 1 unspecified atom stereocenters. The van der Waals surface area contributed by atoms with Gasteiger partial charge >= 0.3 is 5.97 Å². The number of aromatic nitrogens is 3. The van der Waals surface area contributed by atoms with Crippen LogP contribution in [0.5, 0.6) is 0 Å². The average molecular weight is 211 g/mol. The minimum absolute atomic E-state index is 0.192. The van der Waals surface area contributed by atoms with E-state index in [1.54, 1.807) is 10.9 Å². The van der Waals surface area contributed by atoms with Crippen LogP contribution in [0.2, 0.25) is 0 Å². The first-order valence-corrected chi connectivity index (χ1v) is 4.89. The largest absolute Gasteiger partial charge is 0.464 e. The van der Waals surface area contributed by atoms with Gasteiger partial charge in [-0.1, -0.05) is 5.21 Å².